The molecule has 1 aromatic heterocycles. The third kappa shape index (κ3) is 5.47. The smallest absolute Gasteiger partial charge is 0.169 e. The van der Waals surface area contributed by atoms with Gasteiger partial charge in [-0.2, -0.15) is 0 Å². The summed E-state index contributed by atoms with van der Waals surface area (Å²) in [5.41, 5.74) is 5.92. The Morgan fingerprint density at radius 2 is 1.87 bits per heavy atom. The molecular weight excluding hydrogens is 504 g/mol. The highest BCUT2D eigenvalue weighted by Gasteiger charge is 2.53. The predicted octanol–water partition coefficient (Wildman–Crippen LogP) is 7.80. The summed E-state index contributed by atoms with van der Waals surface area (Å²) in [5.74, 6) is 2.45. The Labute approximate surface area is 238 Å². The minimum atomic E-state index is -0.355. The lowest BCUT2D eigenvalue weighted by Crippen LogP contribution is -2.38. The van der Waals surface area contributed by atoms with Crippen molar-refractivity contribution in [1.82, 2.24) is 4.98 Å². The second-order valence-corrected chi connectivity index (χ2v) is 12.6. The molecule has 2 N–H and O–H groups in total. The quantitative estimate of drug-likeness (QED) is 0.312. The van der Waals surface area contributed by atoms with Crippen LogP contribution in [0, 0.1) is 6.92 Å². The van der Waals surface area contributed by atoms with Crippen LogP contribution < -0.4 is 10.6 Å². The number of nitrogens with one attached hydrogen (secondary N) is 2. The van der Waals surface area contributed by atoms with Gasteiger partial charge in [-0.25, -0.2) is 4.98 Å². The molecule has 2 aromatic rings. The third-order valence-corrected chi connectivity index (χ3v) is 10.0. The van der Waals surface area contributed by atoms with Crippen LogP contribution in [0.4, 0.5) is 17.3 Å². The number of nitrogens with zero attached hydrogens (tertiary/aromatic N) is 2. The summed E-state index contributed by atoms with van der Waals surface area (Å²) in [6, 6.07) is 8.65. The number of aromatic nitrogens is 1. The van der Waals surface area contributed by atoms with Gasteiger partial charge in [0.05, 0.1) is 23.5 Å². The first-order chi connectivity index (χ1) is 19.1. The van der Waals surface area contributed by atoms with Gasteiger partial charge in [-0.3, -0.25) is 4.99 Å². The zero-order valence-corrected chi connectivity index (χ0v) is 24.7. The molecule has 2 aliphatic carbocycles. The largest absolute Gasteiger partial charge is 0.370 e. The predicted molar refractivity (Wildman–Crippen MR) is 162 cm³/mol. The van der Waals surface area contributed by atoms with Crippen molar-refractivity contribution in [3.05, 3.63) is 41.0 Å². The highest BCUT2D eigenvalue weighted by Crippen LogP contribution is 2.46. The minimum absolute atomic E-state index is 0.0771. The lowest BCUT2D eigenvalue weighted by molar-refractivity contribution is -0.198. The van der Waals surface area contributed by atoms with Crippen molar-refractivity contribution in [2.75, 3.05) is 22.9 Å². The number of pyridine rings is 1. The third-order valence-electron chi connectivity index (χ3n) is 8.95. The Morgan fingerprint density at radius 1 is 1.03 bits per heavy atom. The van der Waals surface area contributed by atoms with Gasteiger partial charge in [-0.05, 0) is 68.7 Å². The maximum absolute atomic E-state index is 6.77. The fraction of sp³-hybridized carbons (Fsp3) is 0.625. The zero-order chi connectivity index (χ0) is 26.8. The molecule has 1 spiro atoms. The van der Waals surface area contributed by atoms with Crippen LogP contribution in [0.2, 0.25) is 0 Å². The molecule has 3 unspecified atom stereocenters. The van der Waals surface area contributed by atoms with Crippen LogP contribution in [0.1, 0.15) is 94.7 Å². The summed E-state index contributed by atoms with van der Waals surface area (Å²) in [5, 5.41) is 7.60. The number of aliphatic imine (C=N–C) groups is 1. The second kappa shape index (κ2) is 11.8. The number of hydrogen-bond acceptors (Lipinski definition) is 7. The molecule has 2 aliphatic heterocycles. The van der Waals surface area contributed by atoms with Crippen molar-refractivity contribution in [3.63, 3.8) is 0 Å². The lowest BCUT2D eigenvalue weighted by atomic mass is 9.94. The molecule has 3 atom stereocenters. The monoisotopic (exact) mass is 548 g/mol. The summed E-state index contributed by atoms with van der Waals surface area (Å²) in [4.78, 5) is 11.7. The van der Waals surface area contributed by atoms with Gasteiger partial charge in [0, 0.05) is 35.6 Å². The number of ether oxygens (including phenoxy) is 2. The van der Waals surface area contributed by atoms with E-state index in [2.05, 4.69) is 55.7 Å². The van der Waals surface area contributed by atoms with Gasteiger partial charge in [0.1, 0.15) is 17.7 Å². The van der Waals surface area contributed by atoms with Gasteiger partial charge < -0.3 is 20.1 Å². The first-order valence-electron chi connectivity index (χ1n) is 15.3. The number of hydrogen-bond donors (Lipinski definition) is 2. The van der Waals surface area contributed by atoms with E-state index < -0.39 is 0 Å². The Kier molecular flexibility index (Phi) is 8.20. The van der Waals surface area contributed by atoms with E-state index in [-0.39, 0.29) is 24.0 Å². The van der Waals surface area contributed by atoms with Crippen LogP contribution in [0.5, 0.6) is 0 Å². The highest BCUT2D eigenvalue weighted by molar-refractivity contribution is 8.00. The van der Waals surface area contributed by atoms with Crippen molar-refractivity contribution in [3.8, 4) is 0 Å². The average Bonchev–Trinajstić information content (AvgIpc) is 3.48. The average molecular weight is 549 g/mol. The van der Waals surface area contributed by atoms with Crippen LogP contribution >= 0.6 is 11.8 Å². The van der Waals surface area contributed by atoms with E-state index in [1.54, 1.807) is 0 Å². The molecular formula is C32H44N4O2S. The standard InChI is InChI=1S/C32H44N4O2S/c1-4-6-12-19-33-30-22(5-2)21(3)28(25-20-39-27-14-9-8-13-23(27)34-25)31(36-30)35-24-15-16-26-29(24)38-32(37-26)17-10-7-11-18-32/h8-9,13-14,24,26,29H,4-7,10-12,15-20H2,1-3H3,(H2,33,35,36). The summed E-state index contributed by atoms with van der Waals surface area (Å²) in [6.07, 6.45) is 12.6. The normalized spacial score (nSPS) is 25.3. The summed E-state index contributed by atoms with van der Waals surface area (Å²) in [6.45, 7) is 7.69. The fourth-order valence-corrected chi connectivity index (χ4v) is 7.84. The molecule has 3 heterocycles. The number of unbranched alkanes of at least 4 members (excludes halogenated alkanes) is 2. The van der Waals surface area contributed by atoms with E-state index in [9.17, 15) is 0 Å². The SMILES string of the molecule is CCCCCNc1nc(NC2CCC3OC4(CCCCC4)OC23)c(C2=Nc3ccccc3SC2)c(C)c1CC. The molecule has 1 saturated heterocycles. The maximum Gasteiger partial charge on any atom is 0.169 e. The summed E-state index contributed by atoms with van der Waals surface area (Å²) >= 11 is 1.87. The van der Waals surface area contributed by atoms with Crippen LogP contribution in [0.15, 0.2) is 34.2 Å². The highest BCUT2D eigenvalue weighted by atomic mass is 32.2. The van der Waals surface area contributed by atoms with Crippen LogP contribution in [-0.2, 0) is 15.9 Å². The van der Waals surface area contributed by atoms with Crippen LogP contribution in [-0.4, -0.2) is 47.0 Å². The number of anilines is 2. The summed E-state index contributed by atoms with van der Waals surface area (Å²) in [7, 11) is 0. The molecule has 39 heavy (non-hydrogen) atoms. The molecule has 0 radical (unpaired) electrons. The topological polar surface area (TPSA) is 67.8 Å². The first-order valence-corrected chi connectivity index (χ1v) is 16.3. The lowest BCUT2D eigenvalue weighted by Gasteiger charge is -2.33. The molecule has 2 saturated carbocycles. The van der Waals surface area contributed by atoms with Crippen molar-refractivity contribution < 1.29 is 9.47 Å². The molecule has 210 valence electrons. The fourth-order valence-electron chi connectivity index (χ4n) is 6.91. The second-order valence-electron chi connectivity index (χ2n) is 11.6. The zero-order valence-electron chi connectivity index (χ0n) is 23.9. The van der Waals surface area contributed by atoms with Crippen molar-refractivity contribution in [2.24, 2.45) is 4.99 Å². The van der Waals surface area contributed by atoms with Gasteiger partial charge in [0.25, 0.3) is 0 Å². The van der Waals surface area contributed by atoms with Gasteiger partial charge >= 0.3 is 0 Å². The number of rotatable bonds is 9. The van der Waals surface area contributed by atoms with E-state index in [1.807, 2.05) is 11.8 Å². The van der Waals surface area contributed by atoms with Crippen molar-refractivity contribution >= 4 is 34.8 Å². The molecule has 7 heteroatoms. The van der Waals surface area contributed by atoms with Crippen LogP contribution in [0.25, 0.3) is 0 Å². The van der Waals surface area contributed by atoms with Gasteiger partial charge in [0.15, 0.2) is 5.79 Å². The summed E-state index contributed by atoms with van der Waals surface area (Å²) < 4.78 is 13.4. The van der Waals surface area contributed by atoms with Gasteiger partial charge in [-0.15, -0.1) is 11.8 Å². The maximum atomic E-state index is 6.77. The van der Waals surface area contributed by atoms with E-state index in [4.69, 9.17) is 19.5 Å². The molecule has 6 rings (SSSR count). The molecule has 1 aromatic carbocycles. The van der Waals surface area contributed by atoms with E-state index in [0.29, 0.717) is 0 Å². The van der Waals surface area contributed by atoms with E-state index in [0.717, 1.165) is 73.9 Å². The molecule has 0 bridgehead atoms. The van der Waals surface area contributed by atoms with Gasteiger partial charge in [-0.1, -0.05) is 45.2 Å². The number of para-hydroxylation sites is 1. The van der Waals surface area contributed by atoms with E-state index in [1.165, 1.54) is 53.7 Å². The molecule has 0 amide bonds. The van der Waals surface area contributed by atoms with E-state index >= 15 is 0 Å². The Morgan fingerprint density at radius 3 is 2.69 bits per heavy atom. The first kappa shape index (κ1) is 27.1. The Hall–Kier alpha value is -2.09. The molecule has 3 fully saturated rings. The van der Waals surface area contributed by atoms with Gasteiger partial charge in [0.2, 0.25) is 0 Å². The Bertz CT molecular complexity index is 1210. The Balaban J connectivity index is 1.34. The minimum Gasteiger partial charge on any atom is -0.370 e. The number of benzene rings is 1. The molecule has 6 nitrogen and oxygen atoms in total. The van der Waals surface area contributed by atoms with Crippen molar-refractivity contribution in [1.29, 1.82) is 0 Å². The van der Waals surface area contributed by atoms with Crippen LogP contribution in [0.3, 0.4) is 0 Å². The number of thioether (sulfide) groups is 1. The number of fused-ring (bicyclic) bond motifs is 2. The molecule has 4 aliphatic rings. The van der Waals surface area contributed by atoms with Crippen molar-refractivity contribution in [2.45, 2.75) is 120 Å².